The second-order valence-corrected chi connectivity index (χ2v) is 6.30. The number of aromatic nitrogens is 2. The highest BCUT2D eigenvalue weighted by molar-refractivity contribution is 7.18. The van der Waals surface area contributed by atoms with Gasteiger partial charge in [0.05, 0.1) is 5.39 Å². The lowest BCUT2D eigenvalue weighted by molar-refractivity contribution is 0.301. The number of nitrogen functional groups attached to an aromatic ring is 1. The van der Waals surface area contributed by atoms with Gasteiger partial charge in [-0.2, -0.15) is 4.98 Å². The molecule has 0 spiro atoms. The quantitative estimate of drug-likeness (QED) is 0.559. The van der Waals surface area contributed by atoms with Crippen LogP contribution in [-0.2, 0) is 13.0 Å². The molecule has 3 aromatic heterocycles. The van der Waals surface area contributed by atoms with Crippen molar-refractivity contribution in [3.8, 4) is 5.88 Å². The number of ether oxygens (including phenoxy) is 1. The minimum absolute atomic E-state index is 0.378. The predicted octanol–water partition coefficient (Wildman–Crippen LogP) is 3.18. The van der Waals surface area contributed by atoms with Crippen LogP contribution in [0.25, 0.3) is 10.2 Å². The van der Waals surface area contributed by atoms with Crippen LogP contribution in [0.4, 0.5) is 5.95 Å². The van der Waals surface area contributed by atoms with E-state index in [1.165, 1.54) is 4.88 Å². The molecule has 3 heterocycles. The first kappa shape index (κ1) is 13.3. The first-order valence-corrected chi connectivity index (χ1v) is 7.92. The third kappa shape index (κ3) is 2.60. The number of nitrogens with one attached hydrogen (secondary N) is 1. The van der Waals surface area contributed by atoms with E-state index in [0.717, 1.165) is 21.5 Å². The average molecular weight is 306 g/mol. The Morgan fingerprint density at radius 1 is 1.35 bits per heavy atom. The number of aryl methyl sites for hydroxylation is 1. The van der Waals surface area contributed by atoms with Crippen molar-refractivity contribution in [2.75, 3.05) is 5.43 Å². The first-order chi connectivity index (χ1) is 9.80. The zero-order chi connectivity index (χ0) is 13.9. The van der Waals surface area contributed by atoms with Gasteiger partial charge in [0.15, 0.2) is 0 Å². The Bertz CT molecular complexity index is 709. The van der Waals surface area contributed by atoms with E-state index in [2.05, 4.69) is 28.4 Å². The van der Waals surface area contributed by atoms with Crippen molar-refractivity contribution in [3.05, 3.63) is 33.3 Å². The normalized spacial score (nSPS) is 10.9. The molecule has 3 rings (SSSR count). The molecular formula is C13H14N4OS2. The summed E-state index contributed by atoms with van der Waals surface area (Å²) in [5.41, 5.74) is 2.49. The maximum absolute atomic E-state index is 5.83. The molecule has 0 saturated carbocycles. The summed E-state index contributed by atoms with van der Waals surface area (Å²) in [5, 5.41) is 2.98. The molecule has 0 saturated heterocycles. The van der Waals surface area contributed by atoms with Crippen molar-refractivity contribution in [1.29, 1.82) is 0 Å². The lowest BCUT2D eigenvalue weighted by atomic mass is 10.3. The van der Waals surface area contributed by atoms with Gasteiger partial charge in [-0.1, -0.05) is 13.0 Å². The summed E-state index contributed by atoms with van der Waals surface area (Å²) in [6, 6.07) is 6.13. The summed E-state index contributed by atoms with van der Waals surface area (Å²) < 4.78 is 5.83. The molecule has 5 nitrogen and oxygen atoms in total. The van der Waals surface area contributed by atoms with Gasteiger partial charge in [0.1, 0.15) is 11.4 Å². The number of fused-ring (bicyclic) bond motifs is 1. The van der Waals surface area contributed by atoms with Crippen LogP contribution in [0, 0.1) is 0 Å². The number of anilines is 1. The van der Waals surface area contributed by atoms with E-state index in [-0.39, 0.29) is 0 Å². The molecule has 0 amide bonds. The molecule has 3 aromatic rings. The SMILES string of the molecule is CCc1cc2c(OCc3cccs3)nc(NN)nc2s1. The van der Waals surface area contributed by atoms with E-state index < -0.39 is 0 Å². The van der Waals surface area contributed by atoms with Crippen LogP contribution in [0.5, 0.6) is 5.88 Å². The second kappa shape index (κ2) is 5.74. The fourth-order valence-corrected chi connectivity index (χ4v) is 3.40. The third-order valence-corrected chi connectivity index (χ3v) is 4.84. The maximum atomic E-state index is 5.83. The van der Waals surface area contributed by atoms with Crippen molar-refractivity contribution in [2.45, 2.75) is 20.0 Å². The van der Waals surface area contributed by atoms with Crippen molar-refractivity contribution < 1.29 is 4.74 Å². The molecule has 0 atom stereocenters. The van der Waals surface area contributed by atoms with Gasteiger partial charge in [-0.15, -0.1) is 22.7 Å². The van der Waals surface area contributed by atoms with Crippen molar-refractivity contribution in [2.24, 2.45) is 5.84 Å². The second-order valence-electron chi connectivity index (χ2n) is 4.15. The molecule has 3 N–H and O–H groups in total. The van der Waals surface area contributed by atoms with Gasteiger partial charge in [-0.3, -0.25) is 5.43 Å². The first-order valence-electron chi connectivity index (χ1n) is 6.22. The van der Waals surface area contributed by atoms with Crippen LogP contribution in [0.1, 0.15) is 16.7 Å². The molecule has 104 valence electrons. The lowest BCUT2D eigenvalue weighted by Gasteiger charge is -2.06. The number of hydrazine groups is 1. The van der Waals surface area contributed by atoms with Gasteiger partial charge >= 0.3 is 0 Å². The molecule has 0 aliphatic carbocycles. The number of nitrogens with zero attached hydrogens (tertiary/aromatic N) is 2. The Balaban J connectivity index is 1.96. The van der Waals surface area contributed by atoms with Crippen LogP contribution < -0.4 is 16.0 Å². The van der Waals surface area contributed by atoms with Gasteiger partial charge < -0.3 is 4.74 Å². The maximum Gasteiger partial charge on any atom is 0.241 e. The summed E-state index contributed by atoms with van der Waals surface area (Å²) in [6.07, 6.45) is 0.969. The minimum atomic E-state index is 0.378. The largest absolute Gasteiger partial charge is 0.471 e. The number of nitrogens with two attached hydrogens (primary N) is 1. The van der Waals surface area contributed by atoms with Gasteiger partial charge in [0.25, 0.3) is 0 Å². The Labute approximate surface area is 124 Å². The fraction of sp³-hybridized carbons (Fsp3) is 0.231. The molecule has 0 radical (unpaired) electrons. The highest BCUT2D eigenvalue weighted by Crippen LogP contribution is 2.32. The van der Waals surface area contributed by atoms with Crippen LogP contribution >= 0.6 is 22.7 Å². The smallest absolute Gasteiger partial charge is 0.241 e. The Kier molecular flexibility index (Phi) is 3.81. The highest BCUT2D eigenvalue weighted by atomic mass is 32.1. The third-order valence-electron chi connectivity index (χ3n) is 2.82. The molecule has 0 bridgehead atoms. The van der Waals surface area contributed by atoms with Gasteiger partial charge in [0, 0.05) is 9.75 Å². The standard InChI is InChI=1S/C13H14N4OS2/c1-2-8-6-10-11(18-7-9-4-3-5-19-9)15-13(17-14)16-12(10)20-8/h3-6H,2,7,14H2,1H3,(H,15,16,17). The van der Waals surface area contributed by atoms with Gasteiger partial charge in [-0.05, 0) is 23.9 Å². The van der Waals surface area contributed by atoms with E-state index in [1.54, 1.807) is 22.7 Å². The van der Waals surface area contributed by atoms with E-state index in [1.807, 2.05) is 17.5 Å². The molecule has 0 unspecified atom stereocenters. The van der Waals surface area contributed by atoms with Gasteiger partial charge in [-0.25, -0.2) is 10.8 Å². The summed E-state index contributed by atoms with van der Waals surface area (Å²) in [7, 11) is 0. The number of hydrogen-bond donors (Lipinski definition) is 2. The molecule has 20 heavy (non-hydrogen) atoms. The Hall–Kier alpha value is -1.70. The Morgan fingerprint density at radius 3 is 2.95 bits per heavy atom. The average Bonchev–Trinajstić information content (AvgIpc) is 3.12. The van der Waals surface area contributed by atoms with Gasteiger partial charge in [0.2, 0.25) is 11.8 Å². The van der Waals surface area contributed by atoms with E-state index in [0.29, 0.717) is 18.4 Å². The number of hydrogen-bond acceptors (Lipinski definition) is 7. The van der Waals surface area contributed by atoms with Crippen molar-refractivity contribution in [1.82, 2.24) is 9.97 Å². The van der Waals surface area contributed by atoms with Crippen molar-refractivity contribution >= 4 is 38.8 Å². The minimum Gasteiger partial charge on any atom is -0.471 e. The topological polar surface area (TPSA) is 73.1 Å². The molecule has 0 fully saturated rings. The Morgan fingerprint density at radius 2 is 2.25 bits per heavy atom. The summed E-state index contributed by atoms with van der Waals surface area (Å²) >= 11 is 3.30. The monoisotopic (exact) mass is 306 g/mol. The molecular weight excluding hydrogens is 292 g/mol. The van der Waals surface area contributed by atoms with Crippen LogP contribution in [0.15, 0.2) is 23.6 Å². The summed E-state index contributed by atoms with van der Waals surface area (Å²) in [5.74, 6) is 6.37. The zero-order valence-corrected chi connectivity index (χ0v) is 12.6. The van der Waals surface area contributed by atoms with Crippen LogP contribution in [0.3, 0.4) is 0 Å². The van der Waals surface area contributed by atoms with Crippen molar-refractivity contribution in [3.63, 3.8) is 0 Å². The van der Waals surface area contributed by atoms with Crippen LogP contribution in [0.2, 0.25) is 0 Å². The lowest BCUT2D eigenvalue weighted by Crippen LogP contribution is -2.11. The number of rotatable bonds is 5. The molecule has 0 aliphatic heterocycles. The van der Waals surface area contributed by atoms with E-state index in [9.17, 15) is 0 Å². The predicted molar refractivity (Wildman–Crippen MR) is 83.3 cm³/mol. The highest BCUT2D eigenvalue weighted by Gasteiger charge is 2.12. The molecule has 0 aliphatic rings. The number of thiophene rings is 2. The van der Waals surface area contributed by atoms with Crippen LogP contribution in [-0.4, -0.2) is 9.97 Å². The zero-order valence-electron chi connectivity index (χ0n) is 10.9. The van der Waals surface area contributed by atoms with E-state index in [4.69, 9.17) is 10.6 Å². The molecule has 0 aromatic carbocycles. The fourth-order valence-electron chi connectivity index (χ4n) is 1.83. The van der Waals surface area contributed by atoms with E-state index >= 15 is 0 Å². The summed E-state index contributed by atoms with van der Waals surface area (Å²) in [6.45, 7) is 2.62. The molecule has 7 heteroatoms. The summed E-state index contributed by atoms with van der Waals surface area (Å²) in [4.78, 5) is 12.0.